The average Bonchev–Trinajstić information content (AvgIpc) is 2.88. The summed E-state index contributed by atoms with van der Waals surface area (Å²) in [5.74, 6) is -0.738. The molecule has 0 spiro atoms. The molecular formula is C15H17FO3. The van der Waals surface area contributed by atoms with Gasteiger partial charge in [0.05, 0.1) is 6.61 Å². The summed E-state index contributed by atoms with van der Waals surface area (Å²) in [6.07, 6.45) is 7.10. The predicted molar refractivity (Wildman–Crippen MR) is 70.5 cm³/mol. The van der Waals surface area contributed by atoms with Crippen molar-refractivity contribution in [3.63, 3.8) is 0 Å². The highest BCUT2D eigenvalue weighted by atomic mass is 19.1. The number of benzene rings is 1. The molecule has 0 saturated heterocycles. The van der Waals surface area contributed by atoms with Gasteiger partial charge in [0.25, 0.3) is 0 Å². The smallest absolute Gasteiger partial charge is 0.328 e. The minimum Gasteiger partial charge on any atom is -0.490 e. The highest BCUT2D eigenvalue weighted by molar-refractivity contribution is 5.85. The molecule has 1 aliphatic carbocycles. The van der Waals surface area contributed by atoms with Crippen LogP contribution in [0.1, 0.15) is 31.2 Å². The summed E-state index contributed by atoms with van der Waals surface area (Å²) in [4.78, 5) is 10.4. The van der Waals surface area contributed by atoms with Crippen molar-refractivity contribution in [1.29, 1.82) is 0 Å². The van der Waals surface area contributed by atoms with Gasteiger partial charge < -0.3 is 9.84 Å². The van der Waals surface area contributed by atoms with E-state index in [2.05, 4.69) is 0 Å². The predicted octanol–water partition coefficient (Wildman–Crippen LogP) is 3.49. The number of hydrogen-bond acceptors (Lipinski definition) is 2. The Hall–Kier alpha value is -1.84. The lowest BCUT2D eigenvalue weighted by Crippen LogP contribution is -2.08. The van der Waals surface area contributed by atoms with Crippen LogP contribution in [0.25, 0.3) is 6.08 Å². The SMILES string of the molecule is O=C(O)/C=C/c1ccc(OCC2CCCC2)c(F)c1. The number of aliphatic carboxylic acids is 1. The lowest BCUT2D eigenvalue weighted by molar-refractivity contribution is -0.131. The summed E-state index contributed by atoms with van der Waals surface area (Å²) in [6.45, 7) is 0.557. The zero-order chi connectivity index (χ0) is 13.7. The third kappa shape index (κ3) is 4.09. The van der Waals surface area contributed by atoms with Gasteiger partial charge in [-0.1, -0.05) is 18.9 Å². The van der Waals surface area contributed by atoms with Crippen LogP contribution in [0, 0.1) is 11.7 Å². The van der Waals surface area contributed by atoms with E-state index in [9.17, 15) is 9.18 Å². The Kier molecular flexibility index (Phi) is 4.55. The zero-order valence-corrected chi connectivity index (χ0v) is 10.6. The fraction of sp³-hybridized carbons (Fsp3) is 0.400. The quantitative estimate of drug-likeness (QED) is 0.828. The van der Waals surface area contributed by atoms with E-state index in [1.165, 1.54) is 25.0 Å². The fourth-order valence-corrected chi connectivity index (χ4v) is 2.29. The van der Waals surface area contributed by atoms with Crippen LogP contribution in [0.4, 0.5) is 4.39 Å². The first-order valence-electron chi connectivity index (χ1n) is 6.48. The van der Waals surface area contributed by atoms with Crippen molar-refractivity contribution < 1.29 is 19.0 Å². The van der Waals surface area contributed by atoms with Gasteiger partial charge in [0.15, 0.2) is 11.6 Å². The van der Waals surface area contributed by atoms with Gasteiger partial charge in [-0.15, -0.1) is 0 Å². The Bertz CT molecular complexity index is 476. The minimum absolute atomic E-state index is 0.236. The molecule has 0 aromatic heterocycles. The first-order valence-corrected chi connectivity index (χ1v) is 6.48. The summed E-state index contributed by atoms with van der Waals surface area (Å²) >= 11 is 0. The Balaban J connectivity index is 1.96. The molecule has 3 nitrogen and oxygen atoms in total. The standard InChI is InChI=1S/C15H17FO3/c16-13-9-11(6-8-15(17)18)5-7-14(13)19-10-12-3-1-2-4-12/h5-9,12H,1-4,10H2,(H,17,18)/b8-6+. The summed E-state index contributed by atoms with van der Waals surface area (Å²) in [5, 5.41) is 8.50. The lowest BCUT2D eigenvalue weighted by Gasteiger charge is -2.12. The fourth-order valence-electron chi connectivity index (χ4n) is 2.29. The van der Waals surface area contributed by atoms with Gasteiger partial charge >= 0.3 is 5.97 Å². The van der Waals surface area contributed by atoms with Crippen molar-refractivity contribution in [3.8, 4) is 5.75 Å². The molecule has 1 fully saturated rings. The van der Waals surface area contributed by atoms with Gasteiger partial charge in [0, 0.05) is 6.08 Å². The van der Waals surface area contributed by atoms with Gasteiger partial charge in [0.1, 0.15) is 0 Å². The Labute approximate surface area is 111 Å². The molecule has 0 unspecified atom stereocenters. The largest absolute Gasteiger partial charge is 0.490 e. The molecule has 4 heteroatoms. The molecule has 2 rings (SSSR count). The summed E-state index contributed by atoms with van der Waals surface area (Å²) in [5.41, 5.74) is 0.508. The van der Waals surface area contributed by atoms with Gasteiger partial charge in [-0.3, -0.25) is 0 Å². The number of hydrogen-bond donors (Lipinski definition) is 1. The maximum absolute atomic E-state index is 13.7. The van der Waals surface area contributed by atoms with Gasteiger partial charge in [-0.2, -0.15) is 0 Å². The number of carbonyl (C=O) groups is 1. The highest BCUT2D eigenvalue weighted by Crippen LogP contribution is 2.26. The van der Waals surface area contributed by atoms with E-state index in [1.807, 2.05) is 0 Å². The van der Waals surface area contributed by atoms with Gasteiger partial charge in [-0.05, 0) is 42.5 Å². The normalized spacial score (nSPS) is 16.1. The van der Waals surface area contributed by atoms with E-state index in [-0.39, 0.29) is 5.75 Å². The second-order valence-electron chi connectivity index (χ2n) is 4.82. The van der Waals surface area contributed by atoms with Crippen molar-refractivity contribution in [1.82, 2.24) is 0 Å². The monoisotopic (exact) mass is 264 g/mol. The molecule has 0 aliphatic heterocycles. The molecule has 1 aromatic rings. The van der Waals surface area contributed by atoms with Gasteiger partial charge in [0.2, 0.25) is 0 Å². The van der Waals surface area contributed by atoms with E-state index in [0.29, 0.717) is 18.1 Å². The van der Waals surface area contributed by atoms with Crippen molar-refractivity contribution in [2.24, 2.45) is 5.92 Å². The van der Waals surface area contributed by atoms with Crippen LogP contribution < -0.4 is 4.74 Å². The molecule has 0 radical (unpaired) electrons. The topological polar surface area (TPSA) is 46.5 Å². The molecule has 0 heterocycles. The lowest BCUT2D eigenvalue weighted by atomic mass is 10.1. The van der Waals surface area contributed by atoms with Crippen LogP contribution in [0.15, 0.2) is 24.3 Å². The Morgan fingerprint density at radius 2 is 2.16 bits per heavy atom. The van der Waals surface area contributed by atoms with Crippen molar-refractivity contribution in [2.45, 2.75) is 25.7 Å². The molecular weight excluding hydrogens is 247 g/mol. The summed E-state index contributed by atoms with van der Waals surface area (Å²) in [7, 11) is 0. The number of rotatable bonds is 5. The number of carboxylic acids is 1. The van der Waals surface area contributed by atoms with Gasteiger partial charge in [-0.25, -0.2) is 9.18 Å². The number of carboxylic acid groups (broad SMARTS) is 1. The Morgan fingerprint density at radius 3 is 2.79 bits per heavy atom. The maximum Gasteiger partial charge on any atom is 0.328 e. The average molecular weight is 264 g/mol. The molecule has 0 bridgehead atoms. The number of ether oxygens (including phenoxy) is 1. The first-order chi connectivity index (χ1) is 9.15. The van der Waals surface area contributed by atoms with Crippen LogP contribution in [-0.4, -0.2) is 17.7 Å². The molecule has 1 aromatic carbocycles. The minimum atomic E-state index is -1.05. The highest BCUT2D eigenvalue weighted by Gasteiger charge is 2.16. The van der Waals surface area contributed by atoms with E-state index in [0.717, 1.165) is 18.9 Å². The molecule has 1 saturated carbocycles. The molecule has 1 aliphatic rings. The van der Waals surface area contributed by atoms with Crippen molar-refractivity contribution in [2.75, 3.05) is 6.61 Å². The summed E-state index contributed by atoms with van der Waals surface area (Å²) < 4.78 is 19.2. The van der Waals surface area contributed by atoms with Crippen LogP contribution in [-0.2, 0) is 4.79 Å². The molecule has 19 heavy (non-hydrogen) atoms. The second-order valence-corrected chi connectivity index (χ2v) is 4.82. The van der Waals surface area contributed by atoms with Crippen molar-refractivity contribution >= 4 is 12.0 Å². The maximum atomic E-state index is 13.7. The summed E-state index contributed by atoms with van der Waals surface area (Å²) in [6, 6.07) is 4.47. The van der Waals surface area contributed by atoms with E-state index in [4.69, 9.17) is 9.84 Å². The van der Waals surface area contributed by atoms with Crippen LogP contribution >= 0.6 is 0 Å². The Morgan fingerprint density at radius 1 is 1.42 bits per heavy atom. The molecule has 102 valence electrons. The van der Waals surface area contributed by atoms with Crippen LogP contribution in [0.5, 0.6) is 5.75 Å². The zero-order valence-electron chi connectivity index (χ0n) is 10.6. The van der Waals surface area contributed by atoms with Crippen LogP contribution in [0.3, 0.4) is 0 Å². The van der Waals surface area contributed by atoms with Crippen molar-refractivity contribution in [3.05, 3.63) is 35.7 Å². The van der Waals surface area contributed by atoms with Crippen LogP contribution in [0.2, 0.25) is 0 Å². The van der Waals surface area contributed by atoms with E-state index < -0.39 is 11.8 Å². The second kappa shape index (κ2) is 6.36. The third-order valence-corrected chi connectivity index (χ3v) is 3.32. The molecule has 0 atom stereocenters. The third-order valence-electron chi connectivity index (χ3n) is 3.32. The van der Waals surface area contributed by atoms with E-state index in [1.54, 1.807) is 12.1 Å². The molecule has 0 amide bonds. The molecule has 1 N–H and O–H groups in total. The van der Waals surface area contributed by atoms with E-state index >= 15 is 0 Å². The number of halogens is 1. The first kappa shape index (κ1) is 13.6.